The standard InChI is InChI=1S/C16H18N4O4/c1-10(2)15-14(7-17-18-15)16(21)19-8-13(9-19)24-12-5-3-11(4-6-12)20(22)23/h3-7,10,13H,8-9H2,1-2H3,(H,17,18). The van der Waals surface area contributed by atoms with Crippen LogP contribution in [0, 0.1) is 10.1 Å². The van der Waals surface area contributed by atoms with Gasteiger partial charge in [0.05, 0.1) is 35.5 Å². The van der Waals surface area contributed by atoms with Crippen LogP contribution in [0.25, 0.3) is 0 Å². The Bertz CT molecular complexity index is 748. The van der Waals surface area contributed by atoms with Crippen LogP contribution in [0.1, 0.15) is 35.8 Å². The van der Waals surface area contributed by atoms with E-state index in [-0.39, 0.29) is 23.6 Å². The Hall–Kier alpha value is -2.90. The van der Waals surface area contributed by atoms with Crippen LogP contribution in [-0.4, -0.2) is 45.1 Å². The topological polar surface area (TPSA) is 101 Å². The quantitative estimate of drug-likeness (QED) is 0.670. The molecule has 0 spiro atoms. The van der Waals surface area contributed by atoms with E-state index in [4.69, 9.17) is 4.74 Å². The molecule has 8 heteroatoms. The molecular formula is C16H18N4O4. The van der Waals surface area contributed by atoms with Gasteiger partial charge in [0.25, 0.3) is 11.6 Å². The van der Waals surface area contributed by atoms with Gasteiger partial charge in [0.15, 0.2) is 0 Å². The number of benzene rings is 1. The predicted molar refractivity (Wildman–Crippen MR) is 86.1 cm³/mol. The highest BCUT2D eigenvalue weighted by molar-refractivity contribution is 5.95. The number of nitro benzene ring substituents is 1. The molecule has 0 bridgehead atoms. The summed E-state index contributed by atoms with van der Waals surface area (Å²) in [6.07, 6.45) is 1.45. The number of aromatic nitrogens is 2. The number of rotatable bonds is 5. The first kappa shape index (κ1) is 16.0. The molecule has 1 aromatic carbocycles. The molecule has 1 aliphatic heterocycles. The van der Waals surface area contributed by atoms with Crippen molar-refractivity contribution < 1.29 is 14.5 Å². The second-order valence-corrected chi connectivity index (χ2v) is 6.05. The summed E-state index contributed by atoms with van der Waals surface area (Å²) in [7, 11) is 0. The minimum Gasteiger partial charge on any atom is -0.487 e. The highest BCUT2D eigenvalue weighted by atomic mass is 16.6. The zero-order valence-electron chi connectivity index (χ0n) is 13.4. The Labute approximate surface area is 138 Å². The fourth-order valence-electron chi connectivity index (χ4n) is 2.59. The van der Waals surface area contributed by atoms with Crippen molar-refractivity contribution in [2.45, 2.75) is 25.9 Å². The van der Waals surface area contributed by atoms with Crippen LogP contribution in [0.15, 0.2) is 30.5 Å². The Balaban J connectivity index is 1.56. The Morgan fingerprint density at radius 3 is 2.62 bits per heavy atom. The average molecular weight is 330 g/mol. The first-order valence-corrected chi connectivity index (χ1v) is 7.69. The van der Waals surface area contributed by atoms with Crippen molar-refractivity contribution in [2.75, 3.05) is 13.1 Å². The van der Waals surface area contributed by atoms with E-state index in [0.29, 0.717) is 24.4 Å². The Kier molecular flexibility index (Phi) is 4.20. The lowest BCUT2D eigenvalue weighted by atomic mass is 10.0. The predicted octanol–water partition coefficient (Wildman–Crippen LogP) is 2.34. The van der Waals surface area contributed by atoms with Gasteiger partial charge in [-0.1, -0.05) is 13.8 Å². The normalized spacial score (nSPS) is 14.5. The monoisotopic (exact) mass is 330 g/mol. The molecular weight excluding hydrogens is 312 g/mol. The number of hydrogen-bond acceptors (Lipinski definition) is 5. The van der Waals surface area contributed by atoms with Gasteiger partial charge in [0.2, 0.25) is 0 Å². The van der Waals surface area contributed by atoms with Crippen molar-refractivity contribution in [1.82, 2.24) is 15.1 Å². The second-order valence-electron chi connectivity index (χ2n) is 6.05. The maximum Gasteiger partial charge on any atom is 0.269 e. The van der Waals surface area contributed by atoms with E-state index in [0.717, 1.165) is 5.69 Å². The van der Waals surface area contributed by atoms with Gasteiger partial charge in [-0.15, -0.1) is 0 Å². The summed E-state index contributed by atoms with van der Waals surface area (Å²) >= 11 is 0. The first-order chi connectivity index (χ1) is 11.5. The lowest BCUT2D eigenvalue weighted by Crippen LogP contribution is -2.56. The van der Waals surface area contributed by atoms with Gasteiger partial charge in [-0.3, -0.25) is 20.0 Å². The summed E-state index contributed by atoms with van der Waals surface area (Å²) in [6.45, 7) is 4.97. The smallest absolute Gasteiger partial charge is 0.269 e. The average Bonchev–Trinajstić information content (AvgIpc) is 3.00. The third kappa shape index (κ3) is 3.08. The molecule has 0 saturated carbocycles. The maximum atomic E-state index is 12.5. The van der Waals surface area contributed by atoms with Gasteiger partial charge in [0, 0.05) is 12.1 Å². The van der Waals surface area contributed by atoms with Gasteiger partial charge in [-0.2, -0.15) is 5.10 Å². The lowest BCUT2D eigenvalue weighted by molar-refractivity contribution is -0.384. The summed E-state index contributed by atoms with van der Waals surface area (Å²) in [5.41, 5.74) is 1.45. The Morgan fingerprint density at radius 2 is 2.04 bits per heavy atom. The number of hydrogen-bond donors (Lipinski definition) is 1. The number of amides is 1. The van der Waals surface area contributed by atoms with Crippen LogP contribution in [0.4, 0.5) is 5.69 Å². The van der Waals surface area contributed by atoms with Crippen LogP contribution < -0.4 is 4.74 Å². The molecule has 0 unspecified atom stereocenters. The maximum absolute atomic E-state index is 12.5. The second kappa shape index (κ2) is 6.31. The molecule has 2 heterocycles. The molecule has 1 N–H and O–H groups in total. The van der Waals surface area contributed by atoms with Crippen LogP contribution in [0.2, 0.25) is 0 Å². The number of carbonyl (C=O) groups is 1. The number of ether oxygens (including phenoxy) is 1. The van der Waals surface area contributed by atoms with Crippen molar-refractivity contribution in [3.63, 3.8) is 0 Å². The number of aromatic amines is 1. The highest BCUT2D eigenvalue weighted by Gasteiger charge is 2.34. The molecule has 1 fully saturated rings. The number of nitrogens with one attached hydrogen (secondary N) is 1. The molecule has 1 saturated heterocycles. The van der Waals surface area contributed by atoms with E-state index >= 15 is 0 Å². The van der Waals surface area contributed by atoms with Gasteiger partial charge in [0.1, 0.15) is 11.9 Å². The molecule has 1 aromatic heterocycles. The van der Waals surface area contributed by atoms with Crippen molar-refractivity contribution in [1.29, 1.82) is 0 Å². The summed E-state index contributed by atoms with van der Waals surface area (Å²) in [6, 6.07) is 5.93. The van der Waals surface area contributed by atoms with Crippen molar-refractivity contribution in [3.05, 3.63) is 51.8 Å². The van der Waals surface area contributed by atoms with Crippen molar-refractivity contribution in [2.24, 2.45) is 0 Å². The minimum atomic E-state index is -0.454. The van der Waals surface area contributed by atoms with Crippen LogP contribution >= 0.6 is 0 Å². The van der Waals surface area contributed by atoms with Gasteiger partial charge >= 0.3 is 0 Å². The van der Waals surface area contributed by atoms with Crippen molar-refractivity contribution in [3.8, 4) is 5.75 Å². The summed E-state index contributed by atoms with van der Waals surface area (Å²) in [5, 5.41) is 17.4. The molecule has 8 nitrogen and oxygen atoms in total. The van der Waals surface area contributed by atoms with E-state index in [1.165, 1.54) is 12.1 Å². The van der Waals surface area contributed by atoms with E-state index in [9.17, 15) is 14.9 Å². The number of H-pyrrole nitrogens is 1. The first-order valence-electron chi connectivity index (χ1n) is 7.69. The van der Waals surface area contributed by atoms with Crippen molar-refractivity contribution >= 4 is 11.6 Å². The van der Waals surface area contributed by atoms with E-state index < -0.39 is 4.92 Å². The molecule has 0 atom stereocenters. The van der Waals surface area contributed by atoms with Gasteiger partial charge in [-0.25, -0.2) is 0 Å². The van der Waals surface area contributed by atoms with Crippen LogP contribution in [0.3, 0.4) is 0 Å². The third-order valence-corrected chi connectivity index (χ3v) is 3.96. The molecule has 2 aromatic rings. The summed E-state index contributed by atoms with van der Waals surface area (Å²) in [5.74, 6) is 0.694. The fourth-order valence-corrected chi connectivity index (χ4v) is 2.59. The molecule has 0 radical (unpaired) electrons. The molecule has 126 valence electrons. The van der Waals surface area contributed by atoms with Gasteiger partial charge < -0.3 is 9.64 Å². The molecule has 1 aliphatic rings. The Morgan fingerprint density at radius 1 is 1.38 bits per heavy atom. The number of nitrogens with zero attached hydrogens (tertiary/aromatic N) is 3. The third-order valence-electron chi connectivity index (χ3n) is 3.96. The van der Waals surface area contributed by atoms with E-state index in [1.54, 1.807) is 23.2 Å². The van der Waals surface area contributed by atoms with Crippen LogP contribution in [0.5, 0.6) is 5.75 Å². The molecule has 1 amide bonds. The molecule has 0 aliphatic carbocycles. The number of likely N-dealkylation sites (tertiary alicyclic amines) is 1. The largest absolute Gasteiger partial charge is 0.487 e. The molecule has 3 rings (SSSR count). The lowest BCUT2D eigenvalue weighted by Gasteiger charge is -2.39. The summed E-state index contributed by atoms with van der Waals surface area (Å²) in [4.78, 5) is 24.3. The number of carbonyl (C=O) groups excluding carboxylic acids is 1. The van der Waals surface area contributed by atoms with Crippen LogP contribution in [-0.2, 0) is 0 Å². The molecule has 24 heavy (non-hydrogen) atoms. The number of non-ortho nitro benzene ring substituents is 1. The van der Waals surface area contributed by atoms with E-state index in [2.05, 4.69) is 10.2 Å². The minimum absolute atomic E-state index is 0.0222. The zero-order valence-corrected chi connectivity index (χ0v) is 13.4. The SMILES string of the molecule is CC(C)c1[nH]ncc1C(=O)N1CC(Oc2ccc([N+](=O)[O-])cc2)C1. The number of nitro groups is 1. The van der Waals surface area contributed by atoms with Gasteiger partial charge in [-0.05, 0) is 18.1 Å². The van der Waals surface area contributed by atoms with E-state index in [1.807, 2.05) is 13.8 Å². The highest BCUT2D eigenvalue weighted by Crippen LogP contribution is 2.24. The fraction of sp³-hybridized carbons (Fsp3) is 0.375. The summed E-state index contributed by atoms with van der Waals surface area (Å²) < 4.78 is 5.72. The zero-order chi connectivity index (χ0) is 17.3.